The van der Waals surface area contributed by atoms with Crippen LogP contribution in [0.2, 0.25) is 0 Å². The maximum atomic E-state index is 13.0. The predicted octanol–water partition coefficient (Wildman–Crippen LogP) is 2.43. The van der Waals surface area contributed by atoms with E-state index in [4.69, 9.17) is 4.74 Å². The van der Waals surface area contributed by atoms with Gasteiger partial charge in [0.1, 0.15) is 11.4 Å². The van der Waals surface area contributed by atoms with E-state index in [0.717, 1.165) is 12.1 Å². The molecule has 6 nitrogen and oxygen atoms in total. The fourth-order valence-electron chi connectivity index (χ4n) is 2.95. The van der Waals surface area contributed by atoms with Crippen molar-refractivity contribution in [3.8, 4) is 5.75 Å². The minimum Gasteiger partial charge on any atom is -0.493 e. The Morgan fingerprint density at radius 2 is 1.75 bits per heavy atom. The van der Waals surface area contributed by atoms with Gasteiger partial charge in [0.05, 0.1) is 24.4 Å². The van der Waals surface area contributed by atoms with Crippen molar-refractivity contribution in [1.82, 2.24) is 5.32 Å². The standard InChI is InChI=1S/C19H17F3N2O4/c20-19(21,22)12-5-1-3-7-14(12)24-17(26)16(25)23-11-18(27)9-10-28-15-8-4-2-6-13(15)18/h1-8,27H,9-11H2,(H,23,25)(H,24,26). The van der Waals surface area contributed by atoms with E-state index in [9.17, 15) is 27.9 Å². The number of amides is 2. The minimum atomic E-state index is -4.68. The summed E-state index contributed by atoms with van der Waals surface area (Å²) in [4.78, 5) is 24.1. The summed E-state index contributed by atoms with van der Waals surface area (Å²) < 4.78 is 44.4. The third-order valence-corrected chi connectivity index (χ3v) is 4.39. The zero-order valence-corrected chi connectivity index (χ0v) is 14.5. The van der Waals surface area contributed by atoms with E-state index in [0.29, 0.717) is 11.3 Å². The fourth-order valence-corrected chi connectivity index (χ4v) is 2.95. The minimum absolute atomic E-state index is 0.183. The van der Waals surface area contributed by atoms with Gasteiger partial charge in [0.25, 0.3) is 0 Å². The Bertz CT molecular complexity index is 901. The van der Waals surface area contributed by atoms with E-state index in [-0.39, 0.29) is 19.6 Å². The molecule has 0 radical (unpaired) electrons. The molecule has 1 aliphatic heterocycles. The molecule has 0 aromatic heterocycles. The summed E-state index contributed by atoms with van der Waals surface area (Å²) in [6, 6.07) is 11.1. The van der Waals surface area contributed by atoms with Crippen molar-refractivity contribution in [2.75, 3.05) is 18.5 Å². The number of fused-ring (bicyclic) bond motifs is 1. The number of rotatable bonds is 3. The van der Waals surface area contributed by atoms with E-state index in [2.05, 4.69) is 5.32 Å². The van der Waals surface area contributed by atoms with Crippen LogP contribution in [0.25, 0.3) is 0 Å². The van der Waals surface area contributed by atoms with E-state index < -0.39 is 34.8 Å². The van der Waals surface area contributed by atoms with E-state index in [1.165, 1.54) is 12.1 Å². The van der Waals surface area contributed by atoms with Crippen molar-refractivity contribution in [3.05, 3.63) is 59.7 Å². The number of carbonyl (C=O) groups excluding carboxylic acids is 2. The number of halogens is 3. The number of para-hydroxylation sites is 2. The summed E-state index contributed by atoms with van der Waals surface area (Å²) in [5.41, 5.74) is -2.57. The summed E-state index contributed by atoms with van der Waals surface area (Å²) in [7, 11) is 0. The second kappa shape index (κ2) is 7.51. The lowest BCUT2D eigenvalue weighted by Gasteiger charge is -2.34. The maximum Gasteiger partial charge on any atom is 0.418 e. The summed E-state index contributed by atoms with van der Waals surface area (Å²) >= 11 is 0. The zero-order valence-electron chi connectivity index (χ0n) is 14.5. The van der Waals surface area contributed by atoms with Crippen molar-refractivity contribution in [2.24, 2.45) is 0 Å². The quantitative estimate of drug-likeness (QED) is 0.698. The molecule has 9 heteroatoms. The van der Waals surface area contributed by atoms with Gasteiger partial charge in [-0.1, -0.05) is 30.3 Å². The van der Waals surface area contributed by atoms with Crippen LogP contribution in [0.4, 0.5) is 18.9 Å². The highest BCUT2D eigenvalue weighted by Gasteiger charge is 2.37. The molecule has 0 bridgehead atoms. The van der Waals surface area contributed by atoms with Gasteiger partial charge in [-0.3, -0.25) is 9.59 Å². The fraction of sp³-hybridized carbons (Fsp3) is 0.263. The Labute approximate surface area is 158 Å². The molecule has 148 valence electrons. The first-order chi connectivity index (χ1) is 13.2. The highest BCUT2D eigenvalue weighted by Crippen LogP contribution is 2.36. The van der Waals surface area contributed by atoms with Crippen molar-refractivity contribution in [3.63, 3.8) is 0 Å². The van der Waals surface area contributed by atoms with Gasteiger partial charge >= 0.3 is 18.0 Å². The maximum absolute atomic E-state index is 13.0. The van der Waals surface area contributed by atoms with Gasteiger partial charge < -0.3 is 20.5 Å². The molecule has 1 unspecified atom stereocenters. The Morgan fingerprint density at radius 1 is 1.07 bits per heavy atom. The Balaban J connectivity index is 1.68. The molecule has 0 spiro atoms. The lowest BCUT2D eigenvalue weighted by molar-refractivity contribution is -0.138. The molecule has 2 amide bonds. The molecule has 2 aromatic rings. The molecule has 0 saturated carbocycles. The van der Waals surface area contributed by atoms with Crippen LogP contribution in [-0.2, 0) is 21.4 Å². The van der Waals surface area contributed by atoms with Gasteiger partial charge in [0.2, 0.25) is 0 Å². The van der Waals surface area contributed by atoms with Crippen molar-refractivity contribution < 1.29 is 32.6 Å². The summed E-state index contributed by atoms with van der Waals surface area (Å²) in [5.74, 6) is -1.95. The normalized spacial score (nSPS) is 18.6. The Morgan fingerprint density at radius 3 is 2.50 bits per heavy atom. The second-order valence-electron chi connectivity index (χ2n) is 6.31. The number of hydrogen-bond donors (Lipinski definition) is 3. The number of anilines is 1. The van der Waals surface area contributed by atoms with Gasteiger partial charge in [-0.25, -0.2) is 0 Å². The molecule has 3 rings (SSSR count). The van der Waals surface area contributed by atoms with Crippen LogP contribution in [0.1, 0.15) is 17.5 Å². The zero-order chi connectivity index (χ0) is 20.4. The summed E-state index contributed by atoms with van der Waals surface area (Å²) in [6.07, 6.45) is -4.50. The number of nitrogens with one attached hydrogen (secondary N) is 2. The van der Waals surface area contributed by atoms with Crippen molar-refractivity contribution >= 4 is 17.5 Å². The average molecular weight is 394 g/mol. The monoisotopic (exact) mass is 394 g/mol. The number of hydrogen-bond acceptors (Lipinski definition) is 4. The summed E-state index contributed by atoms with van der Waals surface area (Å²) in [5, 5.41) is 15.1. The smallest absolute Gasteiger partial charge is 0.418 e. The number of carbonyl (C=O) groups is 2. The van der Waals surface area contributed by atoms with Crippen LogP contribution in [0, 0.1) is 0 Å². The molecule has 3 N–H and O–H groups in total. The van der Waals surface area contributed by atoms with Gasteiger partial charge in [-0.2, -0.15) is 13.2 Å². The topological polar surface area (TPSA) is 87.7 Å². The molecular formula is C19H17F3N2O4. The Hall–Kier alpha value is -3.07. The first-order valence-electron chi connectivity index (χ1n) is 8.41. The third kappa shape index (κ3) is 4.09. The van der Waals surface area contributed by atoms with Crippen molar-refractivity contribution in [2.45, 2.75) is 18.2 Å². The third-order valence-electron chi connectivity index (χ3n) is 4.39. The van der Waals surface area contributed by atoms with E-state index in [1.54, 1.807) is 24.3 Å². The first-order valence-corrected chi connectivity index (χ1v) is 8.41. The van der Waals surface area contributed by atoms with Crippen molar-refractivity contribution in [1.29, 1.82) is 0 Å². The number of benzene rings is 2. The van der Waals surface area contributed by atoms with E-state index >= 15 is 0 Å². The van der Waals surface area contributed by atoms with Gasteiger partial charge in [0.15, 0.2) is 0 Å². The molecule has 0 aliphatic carbocycles. The summed E-state index contributed by atoms with van der Waals surface area (Å²) in [6.45, 7) is -0.0743. The van der Waals surface area contributed by atoms with E-state index in [1.807, 2.05) is 5.32 Å². The number of aliphatic hydroxyl groups is 1. The van der Waals surface area contributed by atoms with Crippen LogP contribution >= 0.6 is 0 Å². The van der Waals surface area contributed by atoms with Gasteiger partial charge in [-0.15, -0.1) is 0 Å². The largest absolute Gasteiger partial charge is 0.493 e. The second-order valence-corrected chi connectivity index (χ2v) is 6.31. The van der Waals surface area contributed by atoms with Crippen LogP contribution in [-0.4, -0.2) is 30.1 Å². The molecule has 2 aromatic carbocycles. The van der Waals surface area contributed by atoms with Crippen LogP contribution in [0.5, 0.6) is 5.75 Å². The molecule has 1 heterocycles. The lowest BCUT2D eigenvalue weighted by atomic mass is 9.88. The molecule has 0 fully saturated rings. The van der Waals surface area contributed by atoms with Crippen LogP contribution < -0.4 is 15.4 Å². The molecule has 1 aliphatic rings. The van der Waals surface area contributed by atoms with Crippen LogP contribution in [0.3, 0.4) is 0 Å². The van der Waals surface area contributed by atoms with Gasteiger partial charge in [0, 0.05) is 12.0 Å². The molecule has 0 saturated heterocycles. The highest BCUT2D eigenvalue weighted by atomic mass is 19.4. The highest BCUT2D eigenvalue weighted by molar-refractivity contribution is 6.39. The average Bonchev–Trinajstić information content (AvgIpc) is 2.66. The first kappa shape index (κ1) is 19.7. The van der Waals surface area contributed by atoms with Gasteiger partial charge in [-0.05, 0) is 18.2 Å². The lowest BCUT2D eigenvalue weighted by Crippen LogP contribution is -2.46. The molecular weight excluding hydrogens is 377 g/mol. The molecule has 28 heavy (non-hydrogen) atoms. The number of alkyl halides is 3. The van der Waals surface area contributed by atoms with Crippen LogP contribution in [0.15, 0.2) is 48.5 Å². The molecule has 1 atom stereocenters. The SMILES string of the molecule is O=C(NCC1(O)CCOc2ccccc21)C(=O)Nc1ccccc1C(F)(F)F. The Kier molecular flexibility index (Phi) is 5.28. The number of ether oxygens (including phenoxy) is 1. The predicted molar refractivity (Wildman–Crippen MR) is 93.5 cm³/mol.